The van der Waals surface area contributed by atoms with E-state index in [-0.39, 0.29) is 64.4 Å². The molecule has 0 atom stereocenters. The van der Waals surface area contributed by atoms with E-state index in [9.17, 15) is 0 Å². The van der Waals surface area contributed by atoms with Crippen LogP contribution in [0.1, 0.15) is 22.3 Å². The normalized spacial score (nSPS) is 9.20. The van der Waals surface area contributed by atoms with Gasteiger partial charge >= 0.3 is 147 Å². The third kappa shape index (κ3) is 18.9. The molecule has 0 nitrogen and oxygen atoms in total. The number of hydrogen-bond donors (Lipinski definition) is 0. The van der Waals surface area contributed by atoms with Crippen LogP contribution in [0.2, 0.25) is 12.1 Å². The van der Waals surface area contributed by atoms with E-state index in [1.165, 1.54) is 68.7 Å². The van der Waals surface area contributed by atoms with Crippen LogP contribution in [0.5, 0.6) is 0 Å². The van der Waals surface area contributed by atoms with Gasteiger partial charge in [-0.2, -0.15) is 48.5 Å². The maximum absolute atomic E-state index is 2.25. The van der Waals surface area contributed by atoms with Crippen molar-refractivity contribution in [2.24, 2.45) is 0 Å². The van der Waals surface area contributed by atoms with E-state index in [2.05, 4.69) is 135 Å². The van der Waals surface area contributed by atoms with Gasteiger partial charge in [-0.15, -0.1) is 81.2 Å². The zero-order valence-electron chi connectivity index (χ0n) is 28.6. The van der Waals surface area contributed by atoms with E-state index in [4.69, 9.17) is 0 Å². The average molecular weight is 875 g/mol. The van der Waals surface area contributed by atoms with E-state index in [1.54, 1.807) is 23.3 Å². The Hall–Kier alpha value is -2.22. The molecule has 0 unspecified atom stereocenters. The van der Waals surface area contributed by atoms with Crippen LogP contribution in [0.4, 0.5) is 0 Å². The van der Waals surface area contributed by atoms with Gasteiger partial charge in [-0.1, -0.05) is 26.0 Å². The summed E-state index contributed by atoms with van der Waals surface area (Å²) in [5.74, 6) is 0. The molecule has 0 aliphatic carbocycles. The topological polar surface area (TPSA) is 0 Å². The number of rotatable bonds is 6. The van der Waals surface area contributed by atoms with Gasteiger partial charge in [0.1, 0.15) is 0 Å². The molecule has 0 N–H and O–H groups in total. The van der Waals surface area contributed by atoms with E-state index >= 15 is 0 Å². The summed E-state index contributed by atoms with van der Waals surface area (Å²) >= 11 is 1.80. The Balaban J connectivity index is 0.000000623. The van der Waals surface area contributed by atoms with Gasteiger partial charge in [0.15, 0.2) is 0 Å². The van der Waals surface area contributed by atoms with Crippen LogP contribution in [0.25, 0.3) is 21.5 Å². The molecule has 50 heavy (non-hydrogen) atoms. The minimum atomic E-state index is -0.0510. The molecule has 8 rings (SSSR count). The van der Waals surface area contributed by atoms with Crippen molar-refractivity contribution in [2.45, 2.75) is 38.8 Å². The number of benzene rings is 2. The summed E-state index contributed by atoms with van der Waals surface area (Å²) in [5.41, 5.74) is 5.70. The van der Waals surface area contributed by atoms with Crippen molar-refractivity contribution < 1.29 is 82.3 Å². The van der Waals surface area contributed by atoms with Gasteiger partial charge in [0, 0.05) is 0 Å². The molecule has 0 spiro atoms. The largest absolute Gasteiger partial charge is 0.214 e. The second kappa shape index (κ2) is 28.4. The minimum Gasteiger partial charge on any atom is -0.214 e. The quantitative estimate of drug-likeness (QED) is 0.142. The van der Waals surface area contributed by atoms with Gasteiger partial charge in [0.2, 0.25) is 0 Å². The zero-order chi connectivity index (χ0) is 32.2. The van der Waals surface area contributed by atoms with Crippen molar-refractivity contribution >= 4 is 27.0 Å². The molecule has 0 heterocycles. The smallest absolute Gasteiger partial charge is 0.172 e. The van der Waals surface area contributed by atoms with Gasteiger partial charge in [-0.3, -0.25) is 0 Å². The van der Waals surface area contributed by atoms with Crippen molar-refractivity contribution in [3.63, 3.8) is 0 Å². The van der Waals surface area contributed by atoms with Gasteiger partial charge in [0.05, 0.1) is 0 Å². The fourth-order valence-corrected chi connectivity index (χ4v) is 8.40. The zero-order valence-corrected chi connectivity index (χ0v) is 35.8. The first-order chi connectivity index (χ1) is 22.6. The maximum atomic E-state index is 2.25. The number of halogens is 2. The first-order valence-electron chi connectivity index (χ1n) is 16.1. The van der Waals surface area contributed by atoms with Crippen molar-refractivity contribution in [1.29, 1.82) is 0 Å². The fraction of sp³-hybridized carbons (Fsp3) is 0.136. The second-order valence-electron chi connectivity index (χ2n) is 11.4. The molecule has 0 aliphatic rings. The van der Waals surface area contributed by atoms with Crippen LogP contribution < -0.4 is 24.8 Å². The SMILES string of the molecule is Cc1cc2ccccc2[cH-]1.Cc1cc2ccccc2[cH-]1.[Cl-].[Cl-].[Fe+2].[Fe+2].[Zr+2]=[Si](CCc1ccc[cH-]1)CCc1ccc[cH-]1.c1cc[cH-]c1.c1cc[cH-]c1. The van der Waals surface area contributed by atoms with Crippen LogP contribution in [-0.4, -0.2) is 5.43 Å². The van der Waals surface area contributed by atoms with Crippen LogP contribution in [-0.2, 0) is 70.3 Å². The molecule has 0 aromatic heterocycles. The molecule has 260 valence electrons. The maximum Gasteiger partial charge on any atom is -0.172 e. The molecule has 0 saturated carbocycles. The summed E-state index contributed by atoms with van der Waals surface area (Å²) in [5, 5.41) is 5.39. The summed E-state index contributed by atoms with van der Waals surface area (Å²) in [6, 6.07) is 66.2. The number of fused-ring (bicyclic) bond motifs is 2. The summed E-state index contributed by atoms with van der Waals surface area (Å²) in [7, 11) is 0. The predicted molar refractivity (Wildman–Crippen MR) is 199 cm³/mol. The first kappa shape index (κ1) is 47.8. The molecule has 0 bridgehead atoms. The molecule has 0 radical (unpaired) electrons. The molecule has 0 amide bonds. The third-order valence-electron chi connectivity index (χ3n) is 7.53. The van der Waals surface area contributed by atoms with Crippen LogP contribution >= 0.6 is 0 Å². The van der Waals surface area contributed by atoms with Gasteiger partial charge in [-0.05, 0) is 0 Å². The number of aryl methyl sites for hydroxylation is 4. The van der Waals surface area contributed by atoms with Crippen molar-refractivity contribution in [3.05, 3.63) is 204 Å². The molecule has 0 saturated heterocycles. The fourth-order valence-electron chi connectivity index (χ4n) is 5.13. The van der Waals surface area contributed by atoms with E-state index < -0.39 is 0 Å². The summed E-state index contributed by atoms with van der Waals surface area (Å²) < 4.78 is 0. The molecule has 0 aliphatic heterocycles. The van der Waals surface area contributed by atoms with Gasteiger partial charge in [-0.25, -0.2) is 24.3 Å². The molecular weight excluding hydrogens is 830 g/mol. The van der Waals surface area contributed by atoms with Crippen molar-refractivity contribution in [2.75, 3.05) is 0 Å². The average Bonchev–Trinajstić information content (AvgIpc) is 3.92. The molecular formula is C44H44Cl2Fe2SiZr-2. The van der Waals surface area contributed by atoms with Crippen LogP contribution in [0.15, 0.2) is 182 Å². The van der Waals surface area contributed by atoms with E-state index in [1.807, 2.05) is 60.7 Å². The Bertz CT molecular complexity index is 1640. The first-order valence-corrected chi connectivity index (χ1v) is 21.7. The molecule has 6 heteroatoms. The summed E-state index contributed by atoms with van der Waals surface area (Å²) in [4.78, 5) is 0. The predicted octanol–water partition coefficient (Wildman–Crippen LogP) is 6.00. The summed E-state index contributed by atoms with van der Waals surface area (Å²) in [6.07, 6.45) is 2.60. The molecule has 0 fully saturated rings. The van der Waals surface area contributed by atoms with Crippen LogP contribution in [0.3, 0.4) is 0 Å². The Kier molecular flexibility index (Phi) is 27.1. The monoisotopic (exact) mass is 872 g/mol. The van der Waals surface area contributed by atoms with Crippen molar-refractivity contribution in [3.8, 4) is 0 Å². The van der Waals surface area contributed by atoms with E-state index in [0.29, 0.717) is 0 Å². The third-order valence-corrected chi connectivity index (χ3v) is 12.9. The Morgan fingerprint density at radius 3 is 1.18 bits per heavy atom. The van der Waals surface area contributed by atoms with Crippen molar-refractivity contribution in [1.82, 2.24) is 0 Å². The minimum absolute atomic E-state index is 0. The van der Waals surface area contributed by atoms with Gasteiger partial charge < -0.3 is 24.8 Å². The second-order valence-corrected chi connectivity index (χ2v) is 18.9. The van der Waals surface area contributed by atoms with E-state index in [0.717, 1.165) is 0 Å². The Labute approximate surface area is 349 Å². The Morgan fingerprint density at radius 2 is 0.880 bits per heavy atom. The number of hydrogen-bond acceptors (Lipinski definition) is 0. The Morgan fingerprint density at radius 1 is 0.500 bits per heavy atom. The summed E-state index contributed by atoms with van der Waals surface area (Å²) in [6.45, 7) is 4.25. The standard InChI is InChI=1S/C14H16Si.2C10H9.2C5H5.2ClH.2Fe.Zr/c1-2-6-13(5-1)9-11-15-12-10-14-7-3-4-8-14;2*1-8-6-9-4-2-3-5-10(9)7-8;2*1-2-4-5-3-1;;;;;/h1-8H,9-12H2;2*2-7H,1H3;2*1-5H;2*1H;;;/q-2;4*-1;;;3*+2/p-2. The molecule has 8 aromatic carbocycles. The molecule has 8 aromatic rings. The van der Waals surface area contributed by atoms with Crippen LogP contribution in [0, 0.1) is 13.8 Å². The van der Waals surface area contributed by atoms with Gasteiger partial charge in [0.25, 0.3) is 0 Å².